The van der Waals surface area contributed by atoms with Crippen molar-refractivity contribution < 1.29 is 4.79 Å². The van der Waals surface area contributed by atoms with Crippen LogP contribution in [0.15, 0.2) is 18.5 Å². The Labute approximate surface area is 118 Å². The number of nitrogens with zero attached hydrogens (tertiary/aromatic N) is 4. The summed E-state index contributed by atoms with van der Waals surface area (Å²) in [5.41, 5.74) is 1.88. The molecule has 0 fully saturated rings. The molecule has 108 valence electrons. The Balaban J connectivity index is 1.98. The van der Waals surface area contributed by atoms with E-state index in [9.17, 15) is 4.79 Å². The minimum absolute atomic E-state index is 0.166. The summed E-state index contributed by atoms with van der Waals surface area (Å²) < 4.78 is 1.79. The van der Waals surface area contributed by atoms with E-state index in [1.54, 1.807) is 10.7 Å². The maximum absolute atomic E-state index is 11.9. The topological polar surface area (TPSA) is 62.5 Å². The summed E-state index contributed by atoms with van der Waals surface area (Å²) >= 11 is 0. The average Bonchev–Trinajstić information content (AvgIpc) is 2.81. The molecule has 0 spiro atoms. The first-order chi connectivity index (χ1) is 9.65. The molecule has 0 saturated carbocycles. The summed E-state index contributed by atoms with van der Waals surface area (Å²) in [7, 11) is 0. The van der Waals surface area contributed by atoms with Crippen molar-refractivity contribution in [3.63, 3.8) is 0 Å². The predicted octanol–water partition coefficient (Wildman–Crippen LogP) is 1.71. The summed E-state index contributed by atoms with van der Waals surface area (Å²) in [6.45, 7) is 8.02. The van der Waals surface area contributed by atoms with Gasteiger partial charge in [-0.1, -0.05) is 0 Å². The number of hydrogen-bond acceptors (Lipinski definition) is 4. The molecular formula is C14H21N5O. The summed E-state index contributed by atoms with van der Waals surface area (Å²) in [6, 6.07) is 1.97. The molecule has 20 heavy (non-hydrogen) atoms. The van der Waals surface area contributed by atoms with E-state index in [-0.39, 0.29) is 5.91 Å². The molecule has 6 heteroatoms. The lowest BCUT2D eigenvalue weighted by Crippen LogP contribution is -2.31. The van der Waals surface area contributed by atoms with Crippen LogP contribution in [-0.4, -0.2) is 45.0 Å². The molecule has 0 radical (unpaired) electrons. The van der Waals surface area contributed by atoms with Gasteiger partial charge >= 0.3 is 0 Å². The molecule has 0 aliphatic heterocycles. The minimum Gasteiger partial charge on any atom is -0.368 e. The molecule has 1 amide bonds. The summed E-state index contributed by atoms with van der Waals surface area (Å²) in [5.74, 6) is 0.930. The first-order valence-corrected chi connectivity index (χ1v) is 6.98. The van der Waals surface area contributed by atoms with E-state index in [0.29, 0.717) is 13.0 Å². The molecule has 0 atom stereocenters. The first kappa shape index (κ1) is 14.3. The van der Waals surface area contributed by atoms with Crippen molar-refractivity contribution in [1.29, 1.82) is 0 Å². The largest absolute Gasteiger partial charge is 0.368 e. The molecule has 2 aromatic rings. The third-order valence-corrected chi connectivity index (χ3v) is 3.26. The van der Waals surface area contributed by atoms with Crippen LogP contribution in [0.4, 0.5) is 5.82 Å². The van der Waals surface area contributed by atoms with Gasteiger partial charge in [0.25, 0.3) is 0 Å². The SMILES string of the molecule is CCN(CC)C(=O)CCNc1nccn2nc(C)cc12. The number of carbonyl (C=O) groups excluding carboxylic acids is 1. The fraction of sp³-hybridized carbons (Fsp3) is 0.500. The fourth-order valence-electron chi connectivity index (χ4n) is 2.20. The molecule has 0 bridgehead atoms. The molecule has 1 N–H and O–H groups in total. The van der Waals surface area contributed by atoms with Crippen molar-refractivity contribution in [2.75, 3.05) is 25.0 Å². The number of fused-ring (bicyclic) bond motifs is 1. The summed E-state index contributed by atoms with van der Waals surface area (Å²) in [6.07, 6.45) is 3.99. The van der Waals surface area contributed by atoms with Gasteiger partial charge in [-0.2, -0.15) is 5.10 Å². The van der Waals surface area contributed by atoms with Crippen LogP contribution in [0.2, 0.25) is 0 Å². The van der Waals surface area contributed by atoms with Crippen LogP contribution in [0.5, 0.6) is 0 Å². The highest BCUT2D eigenvalue weighted by Crippen LogP contribution is 2.14. The number of anilines is 1. The van der Waals surface area contributed by atoms with E-state index in [1.165, 1.54) is 0 Å². The highest BCUT2D eigenvalue weighted by atomic mass is 16.2. The number of amides is 1. The Morgan fingerprint density at radius 2 is 2.15 bits per heavy atom. The Kier molecular flexibility index (Phi) is 4.55. The van der Waals surface area contributed by atoms with Gasteiger partial charge in [-0.05, 0) is 26.8 Å². The number of carbonyl (C=O) groups is 1. The quantitative estimate of drug-likeness (QED) is 0.871. The Bertz CT molecular complexity index is 588. The smallest absolute Gasteiger partial charge is 0.224 e. The van der Waals surface area contributed by atoms with Gasteiger partial charge in [-0.25, -0.2) is 9.50 Å². The lowest BCUT2D eigenvalue weighted by atomic mass is 10.3. The van der Waals surface area contributed by atoms with Crippen molar-refractivity contribution in [2.45, 2.75) is 27.2 Å². The van der Waals surface area contributed by atoms with Crippen LogP contribution in [0.3, 0.4) is 0 Å². The van der Waals surface area contributed by atoms with E-state index in [0.717, 1.165) is 30.1 Å². The second-order valence-corrected chi connectivity index (χ2v) is 4.63. The van der Waals surface area contributed by atoms with Gasteiger partial charge < -0.3 is 10.2 Å². The van der Waals surface area contributed by atoms with Crippen LogP contribution in [-0.2, 0) is 4.79 Å². The minimum atomic E-state index is 0.166. The Hall–Kier alpha value is -2.11. The van der Waals surface area contributed by atoms with E-state index >= 15 is 0 Å². The van der Waals surface area contributed by atoms with E-state index in [4.69, 9.17) is 0 Å². The maximum Gasteiger partial charge on any atom is 0.224 e. The highest BCUT2D eigenvalue weighted by molar-refractivity contribution is 5.77. The van der Waals surface area contributed by atoms with Gasteiger partial charge in [-0.15, -0.1) is 0 Å². The molecule has 0 aromatic carbocycles. The van der Waals surface area contributed by atoms with Crippen LogP contribution in [0.1, 0.15) is 26.0 Å². The Morgan fingerprint density at radius 1 is 1.40 bits per heavy atom. The monoisotopic (exact) mass is 275 g/mol. The molecular weight excluding hydrogens is 254 g/mol. The fourth-order valence-corrected chi connectivity index (χ4v) is 2.20. The van der Waals surface area contributed by atoms with E-state index < -0.39 is 0 Å². The third-order valence-electron chi connectivity index (χ3n) is 3.26. The van der Waals surface area contributed by atoms with Crippen molar-refractivity contribution in [1.82, 2.24) is 19.5 Å². The van der Waals surface area contributed by atoms with Crippen molar-refractivity contribution >= 4 is 17.2 Å². The number of aromatic nitrogens is 3. The molecule has 0 aliphatic rings. The molecule has 2 rings (SSSR count). The van der Waals surface area contributed by atoms with Crippen molar-refractivity contribution in [3.05, 3.63) is 24.2 Å². The zero-order valence-corrected chi connectivity index (χ0v) is 12.3. The predicted molar refractivity (Wildman–Crippen MR) is 78.8 cm³/mol. The lowest BCUT2D eigenvalue weighted by molar-refractivity contribution is -0.130. The van der Waals surface area contributed by atoms with Gasteiger partial charge in [0.2, 0.25) is 5.91 Å². The van der Waals surface area contributed by atoms with Crippen LogP contribution in [0.25, 0.3) is 5.52 Å². The summed E-state index contributed by atoms with van der Waals surface area (Å²) in [5, 5.41) is 7.55. The second-order valence-electron chi connectivity index (χ2n) is 4.63. The molecule has 6 nitrogen and oxygen atoms in total. The average molecular weight is 275 g/mol. The molecule has 0 aliphatic carbocycles. The van der Waals surface area contributed by atoms with Gasteiger partial charge in [0, 0.05) is 38.4 Å². The van der Waals surface area contributed by atoms with Gasteiger partial charge in [0.05, 0.1) is 5.69 Å². The van der Waals surface area contributed by atoms with E-state index in [1.807, 2.05) is 37.9 Å². The molecule has 0 unspecified atom stereocenters. The highest BCUT2D eigenvalue weighted by Gasteiger charge is 2.10. The first-order valence-electron chi connectivity index (χ1n) is 6.98. The van der Waals surface area contributed by atoms with E-state index in [2.05, 4.69) is 15.4 Å². The summed E-state index contributed by atoms with van der Waals surface area (Å²) in [4.78, 5) is 18.0. The number of nitrogens with one attached hydrogen (secondary N) is 1. The lowest BCUT2D eigenvalue weighted by Gasteiger charge is -2.18. The van der Waals surface area contributed by atoms with Crippen LogP contribution >= 0.6 is 0 Å². The van der Waals surface area contributed by atoms with Gasteiger partial charge in [0.1, 0.15) is 5.52 Å². The maximum atomic E-state index is 11.9. The zero-order chi connectivity index (χ0) is 14.5. The van der Waals surface area contributed by atoms with Crippen LogP contribution < -0.4 is 5.32 Å². The van der Waals surface area contributed by atoms with Gasteiger partial charge in [0.15, 0.2) is 5.82 Å². The standard InChI is InChI=1S/C14H21N5O/c1-4-18(5-2)13(20)6-7-15-14-12-10-11(3)17-19(12)9-8-16-14/h8-10H,4-7H2,1-3H3,(H,15,16). The Morgan fingerprint density at radius 3 is 2.85 bits per heavy atom. The zero-order valence-electron chi connectivity index (χ0n) is 12.3. The molecule has 2 aromatic heterocycles. The number of rotatable bonds is 6. The van der Waals surface area contributed by atoms with Crippen molar-refractivity contribution in [2.24, 2.45) is 0 Å². The second kappa shape index (κ2) is 6.36. The molecule has 0 saturated heterocycles. The molecule has 2 heterocycles. The number of aryl methyl sites for hydroxylation is 1. The normalized spacial score (nSPS) is 10.8. The van der Waals surface area contributed by atoms with Crippen molar-refractivity contribution in [3.8, 4) is 0 Å². The third kappa shape index (κ3) is 3.07. The van der Waals surface area contributed by atoms with Gasteiger partial charge in [-0.3, -0.25) is 4.79 Å². The van der Waals surface area contributed by atoms with Crippen LogP contribution in [0, 0.1) is 6.92 Å². The number of hydrogen-bond donors (Lipinski definition) is 1.